The predicted molar refractivity (Wildman–Crippen MR) is 94.5 cm³/mol. The van der Waals surface area contributed by atoms with Crippen LogP contribution in [0.3, 0.4) is 0 Å². The number of nitrogens with one attached hydrogen (secondary N) is 1. The maximum Gasteiger partial charge on any atom is 0.325 e. The highest BCUT2D eigenvalue weighted by Crippen LogP contribution is 2.26. The number of carbonyl (C=O) groups excluding carboxylic acids is 2. The van der Waals surface area contributed by atoms with Gasteiger partial charge in [-0.2, -0.15) is 0 Å². The zero-order valence-corrected chi connectivity index (χ0v) is 14.9. The molecule has 0 fully saturated rings. The van der Waals surface area contributed by atoms with Gasteiger partial charge in [0.25, 0.3) is 5.91 Å². The quantitative estimate of drug-likeness (QED) is 0.815. The van der Waals surface area contributed by atoms with Gasteiger partial charge >= 0.3 is 5.97 Å². The van der Waals surface area contributed by atoms with E-state index >= 15 is 0 Å². The number of amides is 1. The van der Waals surface area contributed by atoms with E-state index in [1.807, 2.05) is 6.07 Å². The first-order valence-corrected chi connectivity index (χ1v) is 7.98. The predicted octanol–water partition coefficient (Wildman–Crippen LogP) is 3.18. The van der Waals surface area contributed by atoms with E-state index in [0.717, 1.165) is 5.56 Å². The minimum atomic E-state index is -0.666. The third kappa shape index (κ3) is 5.46. The second kappa shape index (κ2) is 7.53. The summed E-state index contributed by atoms with van der Waals surface area (Å²) in [5.41, 5.74) is 0.565. The summed E-state index contributed by atoms with van der Waals surface area (Å²) in [5.74, 6) is -1.53. The van der Waals surface area contributed by atoms with Gasteiger partial charge in [-0.05, 0) is 44.5 Å². The molecular weight excluding hydrogens is 344 g/mol. The number of benzene rings is 1. The van der Waals surface area contributed by atoms with Crippen molar-refractivity contribution in [1.29, 1.82) is 0 Å². The smallest absolute Gasteiger partial charge is 0.325 e. The molecule has 0 bridgehead atoms. The molecule has 6 nitrogen and oxygen atoms in total. The largest absolute Gasteiger partial charge is 0.505 e. The van der Waals surface area contributed by atoms with Crippen LogP contribution in [0.1, 0.15) is 31.3 Å². The summed E-state index contributed by atoms with van der Waals surface area (Å²) in [4.78, 5) is 27.7. The molecule has 7 heteroatoms. The molecule has 1 aromatic carbocycles. The van der Waals surface area contributed by atoms with Crippen LogP contribution in [0.4, 0.5) is 0 Å². The molecule has 2 rings (SSSR count). The van der Waals surface area contributed by atoms with Crippen molar-refractivity contribution in [2.45, 2.75) is 26.4 Å². The average Bonchev–Trinajstić information content (AvgIpc) is 2.51. The van der Waals surface area contributed by atoms with E-state index in [9.17, 15) is 14.7 Å². The Hall–Kier alpha value is -2.60. The van der Waals surface area contributed by atoms with Crippen molar-refractivity contribution < 1.29 is 19.4 Å². The van der Waals surface area contributed by atoms with Crippen molar-refractivity contribution in [1.82, 2.24) is 10.3 Å². The Balaban J connectivity index is 2.07. The lowest BCUT2D eigenvalue weighted by molar-refractivity contribution is -0.153. The number of pyridine rings is 1. The fourth-order valence-electron chi connectivity index (χ4n) is 2.07. The van der Waals surface area contributed by atoms with E-state index in [0.29, 0.717) is 10.6 Å². The van der Waals surface area contributed by atoms with Gasteiger partial charge in [0.1, 0.15) is 17.9 Å². The van der Waals surface area contributed by atoms with Crippen LogP contribution in [-0.4, -0.2) is 34.1 Å². The van der Waals surface area contributed by atoms with Crippen LogP contribution in [-0.2, 0) is 9.53 Å². The Kier molecular flexibility index (Phi) is 5.64. The molecule has 2 N–H and O–H groups in total. The molecule has 1 heterocycles. The highest BCUT2D eigenvalue weighted by Gasteiger charge is 2.19. The van der Waals surface area contributed by atoms with E-state index in [1.165, 1.54) is 12.3 Å². The zero-order chi connectivity index (χ0) is 18.6. The molecule has 2 aromatic rings. The molecule has 0 spiro atoms. The number of hydrogen-bond donors (Lipinski definition) is 2. The van der Waals surface area contributed by atoms with Gasteiger partial charge < -0.3 is 15.2 Å². The van der Waals surface area contributed by atoms with E-state index in [1.54, 1.807) is 39.0 Å². The summed E-state index contributed by atoms with van der Waals surface area (Å²) in [6, 6.07) is 8.46. The van der Waals surface area contributed by atoms with Gasteiger partial charge in [-0.1, -0.05) is 23.7 Å². The second-order valence-electron chi connectivity index (χ2n) is 6.37. The molecule has 0 saturated carbocycles. The van der Waals surface area contributed by atoms with Crippen molar-refractivity contribution in [2.75, 3.05) is 6.54 Å². The van der Waals surface area contributed by atoms with Crippen LogP contribution in [0.5, 0.6) is 5.75 Å². The molecule has 0 atom stereocenters. The molecular formula is C18H19ClN2O4. The molecule has 0 aliphatic heterocycles. The first-order chi connectivity index (χ1) is 11.7. The number of halogens is 1. The average molecular weight is 363 g/mol. The van der Waals surface area contributed by atoms with Gasteiger partial charge in [0.2, 0.25) is 0 Å². The van der Waals surface area contributed by atoms with Crippen LogP contribution in [0.15, 0.2) is 36.5 Å². The number of aromatic hydroxyl groups is 1. The van der Waals surface area contributed by atoms with E-state index in [4.69, 9.17) is 16.3 Å². The number of rotatable bonds is 4. The SMILES string of the molecule is CC(C)(C)OC(=O)CNC(=O)c1ncc(-c2cccc(Cl)c2)cc1O. The summed E-state index contributed by atoms with van der Waals surface area (Å²) in [7, 11) is 0. The third-order valence-electron chi connectivity index (χ3n) is 3.05. The van der Waals surface area contributed by atoms with Gasteiger partial charge in [-0.25, -0.2) is 4.98 Å². The fraction of sp³-hybridized carbons (Fsp3) is 0.278. The Morgan fingerprint density at radius 3 is 2.56 bits per heavy atom. The number of nitrogens with zero attached hydrogens (tertiary/aromatic N) is 1. The number of esters is 1. The summed E-state index contributed by atoms with van der Waals surface area (Å²) in [5, 5.41) is 13.0. The Morgan fingerprint density at radius 2 is 1.96 bits per heavy atom. The van der Waals surface area contributed by atoms with Crippen molar-refractivity contribution in [3.8, 4) is 16.9 Å². The molecule has 0 radical (unpaired) electrons. The van der Waals surface area contributed by atoms with Crippen LogP contribution in [0.2, 0.25) is 5.02 Å². The molecule has 0 unspecified atom stereocenters. The Morgan fingerprint density at radius 1 is 1.24 bits per heavy atom. The maximum absolute atomic E-state index is 12.1. The molecule has 1 aromatic heterocycles. The van der Waals surface area contributed by atoms with Crippen LogP contribution >= 0.6 is 11.6 Å². The highest BCUT2D eigenvalue weighted by molar-refractivity contribution is 6.30. The lowest BCUT2D eigenvalue weighted by Crippen LogP contribution is -2.35. The number of carbonyl (C=O) groups is 2. The topological polar surface area (TPSA) is 88.5 Å². The van der Waals surface area contributed by atoms with Crippen LogP contribution < -0.4 is 5.32 Å². The monoisotopic (exact) mass is 362 g/mol. The summed E-state index contributed by atoms with van der Waals surface area (Å²) >= 11 is 5.94. The molecule has 1 amide bonds. The zero-order valence-electron chi connectivity index (χ0n) is 14.2. The lowest BCUT2D eigenvalue weighted by Gasteiger charge is -2.19. The summed E-state index contributed by atoms with van der Waals surface area (Å²) in [6.45, 7) is 4.88. The third-order valence-corrected chi connectivity index (χ3v) is 3.29. The molecule has 25 heavy (non-hydrogen) atoms. The first-order valence-electron chi connectivity index (χ1n) is 7.61. The number of hydrogen-bond acceptors (Lipinski definition) is 5. The molecule has 0 aliphatic carbocycles. The van der Waals surface area contributed by atoms with E-state index in [2.05, 4.69) is 10.3 Å². The van der Waals surface area contributed by atoms with Crippen molar-refractivity contribution in [3.05, 3.63) is 47.2 Å². The van der Waals surface area contributed by atoms with Crippen molar-refractivity contribution in [2.24, 2.45) is 0 Å². The highest BCUT2D eigenvalue weighted by atomic mass is 35.5. The number of aromatic nitrogens is 1. The molecule has 132 valence electrons. The minimum absolute atomic E-state index is 0.172. The van der Waals surface area contributed by atoms with Gasteiger partial charge in [0.05, 0.1) is 0 Å². The Labute approximate surface area is 150 Å². The van der Waals surface area contributed by atoms with E-state index < -0.39 is 17.5 Å². The van der Waals surface area contributed by atoms with E-state index in [-0.39, 0.29) is 18.0 Å². The van der Waals surface area contributed by atoms with Gasteiger partial charge in [-0.3, -0.25) is 9.59 Å². The standard InChI is InChI=1S/C18H19ClN2O4/c1-18(2,3)25-15(23)10-21-17(24)16-14(22)8-12(9-20-16)11-5-4-6-13(19)7-11/h4-9,22H,10H2,1-3H3,(H,21,24). The summed E-state index contributed by atoms with van der Waals surface area (Å²) < 4.78 is 5.09. The van der Waals surface area contributed by atoms with Gasteiger partial charge in [-0.15, -0.1) is 0 Å². The minimum Gasteiger partial charge on any atom is -0.505 e. The van der Waals surface area contributed by atoms with Gasteiger partial charge in [0, 0.05) is 16.8 Å². The lowest BCUT2D eigenvalue weighted by atomic mass is 10.1. The first kappa shape index (κ1) is 18.7. The maximum atomic E-state index is 12.1. The second-order valence-corrected chi connectivity index (χ2v) is 6.81. The summed E-state index contributed by atoms with van der Waals surface area (Å²) in [6.07, 6.45) is 1.45. The van der Waals surface area contributed by atoms with Crippen molar-refractivity contribution in [3.63, 3.8) is 0 Å². The van der Waals surface area contributed by atoms with Crippen LogP contribution in [0, 0.1) is 0 Å². The molecule has 0 aliphatic rings. The van der Waals surface area contributed by atoms with Crippen LogP contribution in [0.25, 0.3) is 11.1 Å². The Bertz CT molecular complexity index is 800. The number of ether oxygens (including phenoxy) is 1. The fourth-order valence-corrected chi connectivity index (χ4v) is 2.26. The van der Waals surface area contributed by atoms with Gasteiger partial charge in [0.15, 0.2) is 5.69 Å². The normalized spacial score (nSPS) is 11.0. The van der Waals surface area contributed by atoms with Crippen molar-refractivity contribution >= 4 is 23.5 Å². The molecule has 0 saturated heterocycles.